The molecular formula is C31H33ClN2O3. The molecule has 6 heteroatoms. The molecule has 1 N–H and O–H groups in total. The van der Waals surface area contributed by atoms with Crippen LogP contribution < -0.4 is 9.47 Å². The van der Waals surface area contributed by atoms with E-state index < -0.39 is 5.60 Å². The fraction of sp³-hybridized carbons (Fsp3) is 0.387. The number of halogens is 1. The van der Waals surface area contributed by atoms with Gasteiger partial charge >= 0.3 is 0 Å². The molecule has 6 rings (SSSR count). The standard InChI is InChI=1S/C31H33ClN2O3/c32-25-12-10-24(11-13-25)31(35)14-18-34(19-15-31)17-3-4-23-20-27-28(36-21-22-8-9-22)6-1-7-29(27)37-30-26(23)5-2-16-33-30/h1-2,4-7,10-13,16,22,35H,3,8-9,14-15,17-21H2/b23-4-. The Hall–Kier alpha value is -2.86. The quantitative estimate of drug-likeness (QED) is 0.382. The molecule has 3 aromatic rings. The molecule has 1 saturated carbocycles. The zero-order valence-corrected chi connectivity index (χ0v) is 21.8. The number of aliphatic hydroxyl groups is 1. The van der Waals surface area contributed by atoms with Gasteiger partial charge in [0.05, 0.1) is 12.2 Å². The van der Waals surface area contributed by atoms with Crippen LogP contribution in [0, 0.1) is 5.92 Å². The van der Waals surface area contributed by atoms with E-state index in [1.54, 1.807) is 6.20 Å². The van der Waals surface area contributed by atoms with Crippen molar-refractivity contribution in [1.29, 1.82) is 0 Å². The summed E-state index contributed by atoms with van der Waals surface area (Å²) >= 11 is 6.04. The lowest BCUT2D eigenvalue weighted by molar-refractivity contribution is -0.0254. The Morgan fingerprint density at radius 1 is 1.08 bits per heavy atom. The first-order valence-corrected chi connectivity index (χ1v) is 13.7. The number of piperidine rings is 1. The molecular weight excluding hydrogens is 484 g/mol. The van der Waals surface area contributed by atoms with Crippen LogP contribution >= 0.6 is 11.6 Å². The lowest BCUT2D eigenvalue weighted by Crippen LogP contribution is -2.42. The van der Waals surface area contributed by atoms with Crippen LogP contribution in [0.4, 0.5) is 0 Å². The first-order chi connectivity index (χ1) is 18.1. The molecule has 2 aromatic carbocycles. The molecule has 3 heterocycles. The van der Waals surface area contributed by atoms with Crippen LogP contribution in [0.5, 0.6) is 17.4 Å². The van der Waals surface area contributed by atoms with Gasteiger partial charge in [-0.15, -0.1) is 0 Å². The number of fused-ring (bicyclic) bond motifs is 2. The van der Waals surface area contributed by atoms with Gasteiger partial charge in [0.15, 0.2) is 0 Å². The number of nitrogens with zero attached hydrogens (tertiary/aromatic N) is 2. The molecule has 0 amide bonds. The zero-order chi connectivity index (χ0) is 25.2. The summed E-state index contributed by atoms with van der Waals surface area (Å²) in [5.41, 5.74) is 3.54. The van der Waals surface area contributed by atoms with Crippen LogP contribution in [-0.4, -0.2) is 41.2 Å². The number of likely N-dealkylation sites (tertiary alicyclic amines) is 1. The SMILES string of the molecule is OC1(c2ccc(Cl)cc2)CCN(CC/C=C2/Cc3c(OCC4CC4)cccc3Oc3ncccc32)CC1. The zero-order valence-electron chi connectivity index (χ0n) is 21.0. The van der Waals surface area contributed by atoms with Gasteiger partial charge in [-0.05, 0) is 85.6 Å². The Morgan fingerprint density at radius 3 is 2.68 bits per heavy atom. The lowest BCUT2D eigenvalue weighted by atomic mass is 9.84. The van der Waals surface area contributed by atoms with Gasteiger partial charge in [0, 0.05) is 48.4 Å². The van der Waals surface area contributed by atoms with Crippen molar-refractivity contribution in [2.45, 2.75) is 44.1 Å². The van der Waals surface area contributed by atoms with Crippen molar-refractivity contribution in [3.05, 3.63) is 88.6 Å². The minimum Gasteiger partial charge on any atom is -0.493 e. The van der Waals surface area contributed by atoms with E-state index in [1.165, 1.54) is 18.4 Å². The molecule has 1 aromatic heterocycles. The smallest absolute Gasteiger partial charge is 0.226 e. The summed E-state index contributed by atoms with van der Waals surface area (Å²) < 4.78 is 12.5. The van der Waals surface area contributed by atoms with Crippen molar-refractivity contribution in [3.63, 3.8) is 0 Å². The second kappa shape index (κ2) is 10.5. The third kappa shape index (κ3) is 5.54. The van der Waals surface area contributed by atoms with Crippen LogP contribution in [0.3, 0.4) is 0 Å². The van der Waals surface area contributed by atoms with Gasteiger partial charge in [-0.2, -0.15) is 0 Å². The summed E-state index contributed by atoms with van der Waals surface area (Å²) in [6.45, 7) is 3.46. The predicted octanol–water partition coefficient (Wildman–Crippen LogP) is 6.63. The highest BCUT2D eigenvalue weighted by molar-refractivity contribution is 6.30. The van der Waals surface area contributed by atoms with Crippen molar-refractivity contribution < 1.29 is 14.6 Å². The molecule has 37 heavy (non-hydrogen) atoms. The average molecular weight is 517 g/mol. The number of benzene rings is 2. The maximum Gasteiger partial charge on any atom is 0.226 e. The highest BCUT2D eigenvalue weighted by atomic mass is 35.5. The number of hydrogen-bond donors (Lipinski definition) is 1. The van der Waals surface area contributed by atoms with Gasteiger partial charge in [0.2, 0.25) is 5.88 Å². The third-order valence-electron chi connectivity index (χ3n) is 7.85. The molecule has 0 radical (unpaired) electrons. The van der Waals surface area contributed by atoms with Crippen molar-refractivity contribution in [2.75, 3.05) is 26.2 Å². The highest BCUT2D eigenvalue weighted by Gasteiger charge is 2.33. The van der Waals surface area contributed by atoms with Gasteiger partial charge < -0.3 is 19.5 Å². The summed E-state index contributed by atoms with van der Waals surface area (Å²) in [5.74, 6) is 3.09. The van der Waals surface area contributed by atoms with E-state index >= 15 is 0 Å². The highest BCUT2D eigenvalue weighted by Crippen LogP contribution is 2.42. The summed E-state index contributed by atoms with van der Waals surface area (Å²) in [4.78, 5) is 6.98. The number of rotatable bonds is 7. The Labute approximate surface area is 223 Å². The van der Waals surface area contributed by atoms with E-state index in [4.69, 9.17) is 21.1 Å². The number of hydrogen-bond acceptors (Lipinski definition) is 5. The van der Waals surface area contributed by atoms with Crippen LogP contribution in [0.25, 0.3) is 5.57 Å². The number of pyridine rings is 1. The molecule has 0 spiro atoms. The molecule has 2 fully saturated rings. The molecule has 0 atom stereocenters. The minimum atomic E-state index is -0.774. The molecule has 1 aliphatic carbocycles. The topological polar surface area (TPSA) is 54.8 Å². The van der Waals surface area contributed by atoms with Gasteiger partial charge in [0.25, 0.3) is 0 Å². The Kier molecular flexibility index (Phi) is 6.94. The van der Waals surface area contributed by atoms with Crippen molar-refractivity contribution in [3.8, 4) is 17.4 Å². The van der Waals surface area contributed by atoms with Crippen molar-refractivity contribution >= 4 is 17.2 Å². The fourth-order valence-corrected chi connectivity index (χ4v) is 5.47. The van der Waals surface area contributed by atoms with Crippen LogP contribution in [0.15, 0.2) is 66.9 Å². The second-order valence-corrected chi connectivity index (χ2v) is 11.0. The molecule has 2 aliphatic heterocycles. The predicted molar refractivity (Wildman–Crippen MR) is 146 cm³/mol. The summed E-state index contributed by atoms with van der Waals surface area (Å²) in [6.07, 6.45) is 9.76. The summed E-state index contributed by atoms with van der Waals surface area (Å²) in [5, 5.41) is 11.9. The van der Waals surface area contributed by atoms with Gasteiger partial charge in [-0.1, -0.05) is 35.9 Å². The second-order valence-electron chi connectivity index (χ2n) is 10.5. The van der Waals surface area contributed by atoms with E-state index in [9.17, 15) is 5.11 Å². The molecule has 3 aliphatic rings. The van der Waals surface area contributed by atoms with E-state index in [0.29, 0.717) is 16.8 Å². The average Bonchev–Trinajstić information content (AvgIpc) is 3.75. The monoisotopic (exact) mass is 516 g/mol. The third-order valence-corrected chi connectivity index (χ3v) is 8.11. The van der Waals surface area contributed by atoms with Crippen LogP contribution in [0.2, 0.25) is 5.02 Å². The first kappa shape index (κ1) is 24.5. The fourth-order valence-electron chi connectivity index (χ4n) is 5.35. The van der Waals surface area contributed by atoms with Crippen molar-refractivity contribution in [2.24, 2.45) is 5.92 Å². The van der Waals surface area contributed by atoms with Crippen LogP contribution in [-0.2, 0) is 12.0 Å². The molecule has 1 saturated heterocycles. The van der Waals surface area contributed by atoms with Crippen molar-refractivity contribution in [1.82, 2.24) is 9.88 Å². The minimum absolute atomic E-state index is 0.651. The lowest BCUT2D eigenvalue weighted by Gasteiger charge is -2.38. The number of ether oxygens (including phenoxy) is 2. The summed E-state index contributed by atoms with van der Waals surface area (Å²) in [7, 11) is 0. The molecule has 0 bridgehead atoms. The van der Waals surface area contributed by atoms with Gasteiger partial charge in [0.1, 0.15) is 11.5 Å². The van der Waals surface area contributed by atoms with E-state index in [-0.39, 0.29) is 0 Å². The van der Waals surface area contributed by atoms with Gasteiger partial charge in [-0.3, -0.25) is 0 Å². The Morgan fingerprint density at radius 2 is 1.89 bits per heavy atom. The van der Waals surface area contributed by atoms with Gasteiger partial charge in [-0.25, -0.2) is 4.98 Å². The Bertz CT molecular complexity index is 1280. The van der Waals surface area contributed by atoms with E-state index in [2.05, 4.69) is 28.1 Å². The normalized spacial score (nSPS) is 20.0. The molecule has 0 unspecified atom stereocenters. The number of allylic oxidation sites excluding steroid dienone is 1. The Balaban J connectivity index is 1.15. The molecule has 5 nitrogen and oxygen atoms in total. The number of aromatic nitrogens is 1. The van der Waals surface area contributed by atoms with E-state index in [1.807, 2.05) is 42.5 Å². The van der Waals surface area contributed by atoms with Crippen LogP contribution in [0.1, 0.15) is 48.8 Å². The van der Waals surface area contributed by atoms with E-state index in [0.717, 1.165) is 80.1 Å². The maximum atomic E-state index is 11.2. The maximum absolute atomic E-state index is 11.2. The molecule has 192 valence electrons. The summed E-state index contributed by atoms with van der Waals surface area (Å²) in [6, 6.07) is 17.7. The first-order valence-electron chi connectivity index (χ1n) is 13.4. The largest absolute Gasteiger partial charge is 0.493 e.